The van der Waals surface area contributed by atoms with Gasteiger partial charge in [0.15, 0.2) is 0 Å². The van der Waals surface area contributed by atoms with Crippen LogP contribution in [0.5, 0.6) is 0 Å². The molecular weight excluding hydrogens is 315 g/mol. The van der Waals surface area contributed by atoms with Crippen LogP contribution in [0.3, 0.4) is 0 Å². The van der Waals surface area contributed by atoms with E-state index in [2.05, 4.69) is 5.32 Å². The number of carboxylic acids is 1. The largest absolute Gasteiger partial charge is 0.478 e. The number of carbonyl (C=O) groups excluding carboxylic acids is 1. The minimum absolute atomic E-state index is 0.0538. The first kappa shape index (κ1) is 16.4. The van der Waals surface area contributed by atoms with Crippen molar-refractivity contribution in [2.45, 2.75) is 6.42 Å². The van der Waals surface area contributed by atoms with E-state index in [1.807, 2.05) is 0 Å². The van der Waals surface area contributed by atoms with Crippen LogP contribution in [0.2, 0.25) is 0 Å². The van der Waals surface area contributed by atoms with Crippen LogP contribution in [0, 0.1) is 5.82 Å². The number of sulfonamides is 1. The maximum absolute atomic E-state index is 13.7. The summed E-state index contributed by atoms with van der Waals surface area (Å²) in [7, 11) is -3.23. The quantitative estimate of drug-likeness (QED) is 0.807. The van der Waals surface area contributed by atoms with E-state index in [1.54, 1.807) is 0 Å². The molecule has 0 aromatic heterocycles. The monoisotopic (exact) mass is 330 g/mol. The maximum Gasteiger partial charge on any atom is 0.335 e. The third kappa shape index (κ3) is 3.60. The van der Waals surface area contributed by atoms with Gasteiger partial charge in [-0.25, -0.2) is 21.9 Å². The molecule has 1 aromatic rings. The predicted molar refractivity (Wildman–Crippen MR) is 75.7 cm³/mol. The van der Waals surface area contributed by atoms with Crippen molar-refractivity contribution >= 4 is 21.9 Å². The molecule has 2 N–H and O–H groups in total. The van der Waals surface area contributed by atoms with Crippen LogP contribution in [0.15, 0.2) is 18.2 Å². The summed E-state index contributed by atoms with van der Waals surface area (Å²) >= 11 is 0. The van der Waals surface area contributed by atoms with Crippen molar-refractivity contribution in [2.24, 2.45) is 0 Å². The van der Waals surface area contributed by atoms with Gasteiger partial charge in [0.1, 0.15) is 5.82 Å². The summed E-state index contributed by atoms with van der Waals surface area (Å²) in [6.07, 6.45) is 0.557. The Kier molecular flexibility index (Phi) is 4.77. The molecular formula is C13H15FN2O5S. The molecule has 1 saturated heterocycles. The fraction of sp³-hybridized carbons (Fsp3) is 0.385. The lowest BCUT2D eigenvalue weighted by molar-refractivity contribution is 0.0695. The minimum atomic E-state index is -3.23. The minimum Gasteiger partial charge on any atom is -0.478 e. The van der Waals surface area contributed by atoms with Crippen LogP contribution < -0.4 is 5.32 Å². The second kappa shape index (κ2) is 6.41. The molecule has 0 bridgehead atoms. The SMILES string of the molecule is O=C(O)c1ccc(C(=O)NCCN2CCCS2(=O)=O)c(F)c1. The number of rotatable bonds is 5. The zero-order chi connectivity index (χ0) is 16.3. The highest BCUT2D eigenvalue weighted by Crippen LogP contribution is 2.13. The average molecular weight is 330 g/mol. The molecule has 1 aliphatic heterocycles. The highest BCUT2D eigenvalue weighted by molar-refractivity contribution is 7.89. The normalized spacial score (nSPS) is 17.3. The number of nitrogens with zero attached hydrogens (tertiary/aromatic N) is 1. The zero-order valence-corrected chi connectivity index (χ0v) is 12.4. The van der Waals surface area contributed by atoms with Gasteiger partial charge >= 0.3 is 5.97 Å². The molecule has 0 spiro atoms. The molecule has 1 heterocycles. The lowest BCUT2D eigenvalue weighted by Gasteiger charge is -2.14. The standard InChI is InChI=1S/C13H15FN2O5S/c14-11-8-9(13(18)19)2-3-10(11)12(17)15-4-6-16-5-1-7-22(16,20)21/h2-3,8H,1,4-7H2,(H,15,17)(H,18,19). The first-order valence-electron chi connectivity index (χ1n) is 6.60. The molecule has 0 atom stereocenters. The predicted octanol–water partition coefficient (Wildman–Crippen LogP) is 0.289. The Morgan fingerprint density at radius 3 is 2.64 bits per heavy atom. The fourth-order valence-corrected chi connectivity index (χ4v) is 3.69. The first-order chi connectivity index (χ1) is 10.3. The van der Waals surface area contributed by atoms with Crippen molar-refractivity contribution in [3.63, 3.8) is 0 Å². The highest BCUT2D eigenvalue weighted by atomic mass is 32.2. The van der Waals surface area contributed by atoms with E-state index in [0.29, 0.717) is 13.0 Å². The highest BCUT2D eigenvalue weighted by Gasteiger charge is 2.27. The summed E-state index contributed by atoms with van der Waals surface area (Å²) in [5.74, 6) is -2.84. The second-order valence-electron chi connectivity index (χ2n) is 4.82. The maximum atomic E-state index is 13.7. The first-order valence-corrected chi connectivity index (χ1v) is 8.21. The Balaban J connectivity index is 1.94. The lowest BCUT2D eigenvalue weighted by atomic mass is 10.1. The smallest absolute Gasteiger partial charge is 0.335 e. The van der Waals surface area contributed by atoms with E-state index in [1.165, 1.54) is 4.31 Å². The van der Waals surface area contributed by atoms with E-state index < -0.39 is 27.7 Å². The molecule has 2 rings (SSSR count). The van der Waals surface area contributed by atoms with Gasteiger partial charge in [-0.15, -0.1) is 0 Å². The van der Waals surface area contributed by atoms with E-state index in [-0.39, 0.29) is 30.0 Å². The molecule has 1 aromatic carbocycles. The van der Waals surface area contributed by atoms with E-state index >= 15 is 0 Å². The van der Waals surface area contributed by atoms with E-state index in [0.717, 1.165) is 18.2 Å². The molecule has 1 fully saturated rings. The van der Waals surface area contributed by atoms with Crippen molar-refractivity contribution in [2.75, 3.05) is 25.4 Å². The van der Waals surface area contributed by atoms with Crippen molar-refractivity contribution in [3.05, 3.63) is 35.1 Å². The van der Waals surface area contributed by atoms with Gasteiger partial charge in [-0.1, -0.05) is 0 Å². The lowest BCUT2D eigenvalue weighted by Crippen LogP contribution is -2.36. The number of carbonyl (C=O) groups is 2. The van der Waals surface area contributed by atoms with Crippen molar-refractivity contribution in [3.8, 4) is 0 Å². The summed E-state index contributed by atoms with van der Waals surface area (Å²) in [5.41, 5.74) is -0.536. The van der Waals surface area contributed by atoms with Gasteiger partial charge in [0.25, 0.3) is 5.91 Å². The molecule has 1 amide bonds. The molecule has 120 valence electrons. The number of hydrogen-bond donors (Lipinski definition) is 2. The van der Waals surface area contributed by atoms with E-state index in [4.69, 9.17) is 5.11 Å². The van der Waals surface area contributed by atoms with E-state index in [9.17, 15) is 22.4 Å². The average Bonchev–Trinajstić information content (AvgIpc) is 2.77. The number of carboxylic acid groups (broad SMARTS) is 1. The molecule has 0 aliphatic carbocycles. The van der Waals surface area contributed by atoms with Gasteiger partial charge in [0.2, 0.25) is 10.0 Å². The molecule has 0 saturated carbocycles. The number of benzene rings is 1. The second-order valence-corrected chi connectivity index (χ2v) is 6.91. The Hall–Kier alpha value is -2.00. The summed E-state index contributed by atoms with van der Waals surface area (Å²) in [6, 6.07) is 2.98. The number of hydrogen-bond acceptors (Lipinski definition) is 4. The fourth-order valence-electron chi connectivity index (χ4n) is 2.16. The van der Waals surface area contributed by atoms with Crippen molar-refractivity contribution in [1.29, 1.82) is 0 Å². The Morgan fingerprint density at radius 2 is 2.09 bits per heavy atom. The number of halogens is 1. The third-order valence-corrected chi connectivity index (χ3v) is 5.27. The molecule has 1 aliphatic rings. The van der Waals surface area contributed by atoms with Crippen molar-refractivity contribution < 1.29 is 27.5 Å². The topological polar surface area (TPSA) is 104 Å². The number of amides is 1. The Bertz CT molecular complexity index is 704. The van der Waals surface area contributed by atoms with Crippen LogP contribution in [0.25, 0.3) is 0 Å². The Labute approximate surface area is 126 Å². The van der Waals surface area contributed by atoms with Crippen LogP contribution in [-0.4, -0.2) is 55.1 Å². The number of nitrogens with one attached hydrogen (secondary N) is 1. The van der Waals surface area contributed by atoms with Gasteiger partial charge in [-0.2, -0.15) is 0 Å². The third-order valence-electron chi connectivity index (χ3n) is 3.31. The van der Waals surface area contributed by atoms with Crippen LogP contribution >= 0.6 is 0 Å². The van der Waals surface area contributed by atoms with Gasteiger partial charge < -0.3 is 10.4 Å². The van der Waals surface area contributed by atoms with Gasteiger partial charge in [0, 0.05) is 19.6 Å². The summed E-state index contributed by atoms with van der Waals surface area (Å²) in [6.45, 7) is 0.598. The van der Waals surface area contributed by atoms with Crippen LogP contribution in [0.1, 0.15) is 27.1 Å². The van der Waals surface area contributed by atoms with Gasteiger partial charge in [-0.05, 0) is 24.6 Å². The molecule has 7 nitrogen and oxygen atoms in total. The molecule has 22 heavy (non-hydrogen) atoms. The summed E-state index contributed by atoms with van der Waals surface area (Å²) in [4.78, 5) is 22.5. The zero-order valence-electron chi connectivity index (χ0n) is 11.6. The molecule has 0 radical (unpaired) electrons. The number of aromatic carboxylic acids is 1. The van der Waals surface area contributed by atoms with Gasteiger partial charge in [0.05, 0.1) is 16.9 Å². The molecule has 9 heteroatoms. The Morgan fingerprint density at radius 1 is 1.36 bits per heavy atom. The van der Waals surface area contributed by atoms with Crippen LogP contribution in [-0.2, 0) is 10.0 Å². The summed E-state index contributed by atoms with van der Waals surface area (Å²) in [5, 5.41) is 11.1. The molecule has 0 unspecified atom stereocenters. The van der Waals surface area contributed by atoms with Gasteiger partial charge in [-0.3, -0.25) is 4.79 Å². The van der Waals surface area contributed by atoms with Crippen molar-refractivity contribution in [1.82, 2.24) is 9.62 Å². The van der Waals surface area contributed by atoms with Crippen LogP contribution in [0.4, 0.5) is 4.39 Å². The summed E-state index contributed by atoms with van der Waals surface area (Å²) < 4.78 is 38.1.